The highest BCUT2D eigenvalue weighted by Gasteiger charge is 2.68. The first-order valence-corrected chi connectivity index (χ1v) is 10.6. The molecule has 2 aliphatic rings. The van der Waals surface area contributed by atoms with Crippen LogP contribution in [0, 0.1) is 16.0 Å². The summed E-state index contributed by atoms with van der Waals surface area (Å²) in [6.07, 6.45) is 0. The van der Waals surface area contributed by atoms with Gasteiger partial charge >= 0.3 is 5.88 Å². The fraction of sp³-hybridized carbons (Fsp3) is 0.240. The van der Waals surface area contributed by atoms with E-state index in [4.69, 9.17) is 9.15 Å². The zero-order valence-corrected chi connectivity index (χ0v) is 18.4. The Morgan fingerprint density at radius 2 is 1.68 bits per heavy atom. The van der Waals surface area contributed by atoms with Gasteiger partial charge in [-0.3, -0.25) is 29.4 Å². The maximum Gasteiger partial charge on any atom is 0.433 e. The minimum Gasteiger partial charge on any atom is -0.497 e. The summed E-state index contributed by atoms with van der Waals surface area (Å²) in [7, 11) is 3.12. The number of likely N-dealkylation sites (tertiary alicyclic amines) is 1. The summed E-state index contributed by atoms with van der Waals surface area (Å²) in [5.74, 6) is -2.98. The van der Waals surface area contributed by atoms with Crippen molar-refractivity contribution in [2.45, 2.75) is 11.5 Å². The predicted octanol–water partition coefficient (Wildman–Crippen LogP) is 3.54. The molecule has 1 aliphatic heterocycles. The molecular formula is C25H20N2O7. The number of furan rings is 1. The van der Waals surface area contributed by atoms with Crippen LogP contribution < -0.4 is 4.74 Å². The number of ketones is 3. The number of Topliss-reactive ketones (excluding diaryl/α,β-unsaturated/α-hetero) is 3. The molecular weight excluding hydrogens is 440 g/mol. The lowest BCUT2D eigenvalue weighted by Gasteiger charge is -2.33. The maximum atomic E-state index is 14.0. The van der Waals surface area contributed by atoms with E-state index in [2.05, 4.69) is 0 Å². The zero-order valence-electron chi connectivity index (χ0n) is 18.4. The van der Waals surface area contributed by atoms with Crippen LogP contribution in [-0.4, -0.2) is 53.4 Å². The Morgan fingerprint density at radius 1 is 1.06 bits per heavy atom. The van der Waals surface area contributed by atoms with Crippen molar-refractivity contribution in [3.63, 3.8) is 0 Å². The third kappa shape index (κ3) is 2.87. The molecule has 2 atom stereocenters. The van der Waals surface area contributed by atoms with Crippen LogP contribution >= 0.6 is 0 Å². The smallest absolute Gasteiger partial charge is 0.433 e. The summed E-state index contributed by atoms with van der Waals surface area (Å²) in [5.41, 5.74) is -0.952. The number of fused-ring (bicyclic) bond motifs is 1. The number of methoxy groups -OCH3 is 1. The van der Waals surface area contributed by atoms with E-state index >= 15 is 0 Å². The Morgan fingerprint density at radius 3 is 2.21 bits per heavy atom. The van der Waals surface area contributed by atoms with Crippen LogP contribution in [0.25, 0.3) is 0 Å². The van der Waals surface area contributed by atoms with E-state index in [1.54, 1.807) is 60.5 Å². The number of nitro groups is 1. The van der Waals surface area contributed by atoms with Crippen LogP contribution in [0.4, 0.5) is 5.88 Å². The van der Waals surface area contributed by atoms with E-state index in [-0.39, 0.29) is 23.4 Å². The van der Waals surface area contributed by atoms with E-state index in [0.717, 1.165) is 0 Å². The molecule has 1 aromatic heterocycles. The second-order valence-corrected chi connectivity index (χ2v) is 8.46. The lowest BCUT2D eigenvalue weighted by Crippen LogP contribution is -2.57. The normalized spacial score (nSPS) is 21.1. The van der Waals surface area contributed by atoms with Crippen LogP contribution in [0.2, 0.25) is 0 Å². The molecule has 34 heavy (non-hydrogen) atoms. The van der Waals surface area contributed by atoms with Crippen molar-refractivity contribution in [3.8, 4) is 5.75 Å². The molecule has 0 saturated carbocycles. The molecule has 1 aliphatic carbocycles. The first-order chi connectivity index (χ1) is 16.3. The minimum atomic E-state index is -1.77. The number of hydrogen-bond donors (Lipinski definition) is 0. The van der Waals surface area contributed by atoms with Gasteiger partial charge in [0.2, 0.25) is 0 Å². The summed E-state index contributed by atoms with van der Waals surface area (Å²) >= 11 is 0. The third-order valence-electron chi connectivity index (χ3n) is 6.85. The predicted molar refractivity (Wildman–Crippen MR) is 119 cm³/mol. The topological polar surface area (TPSA) is 120 Å². The number of hydrogen-bond acceptors (Lipinski definition) is 8. The highest BCUT2D eigenvalue weighted by Crippen LogP contribution is 2.52. The molecule has 3 aromatic rings. The number of likely N-dealkylation sites (N-methyl/N-ethyl adjacent to an activating group) is 1. The maximum absolute atomic E-state index is 14.0. The van der Waals surface area contributed by atoms with Crippen molar-refractivity contribution in [2.75, 3.05) is 20.7 Å². The Kier molecular flexibility index (Phi) is 4.94. The van der Waals surface area contributed by atoms with Gasteiger partial charge in [-0.1, -0.05) is 24.3 Å². The van der Waals surface area contributed by atoms with Crippen LogP contribution in [0.1, 0.15) is 42.8 Å². The molecule has 0 N–H and O–H groups in total. The zero-order chi connectivity index (χ0) is 24.2. The lowest BCUT2D eigenvalue weighted by molar-refractivity contribution is -0.402. The summed E-state index contributed by atoms with van der Waals surface area (Å²) in [6.45, 7) is 0.128. The fourth-order valence-corrected chi connectivity index (χ4v) is 5.30. The number of benzene rings is 2. The quantitative estimate of drug-likeness (QED) is 0.245. The minimum absolute atomic E-state index is 0.128. The lowest BCUT2D eigenvalue weighted by atomic mass is 9.71. The molecule has 5 rings (SSSR count). The van der Waals surface area contributed by atoms with E-state index < -0.39 is 45.5 Å². The molecule has 1 fully saturated rings. The van der Waals surface area contributed by atoms with Gasteiger partial charge in [-0.25, -0.2) is 0 Å². The Balaban J connectivity index is 1.69. The molecule has 0 radical (unpaired) electrons. The molecule has 0 amide bonds. The van der Waals surface area contributed by atoms with Gasteiger partial charge in [0.25, 0.3) is 0 Å². The molecule has 9 heteroatoms. The third-order valence-corrected chi connectivity index (χ3v) is 6.85. The van der Waals surface area contributed by atoms with Gasteiger partial charge in [-0.15, -0.1) is 0 Å². The SMILES string of the molecule is COc1ccc(C(=O)[C@@H]2[C@@H](c3ccc([N+](=O)[O-])o3)CN(C)C23C(=O)c2ccccc2C3=O)cc1. The Bertz CT molecular complexity index is 1310. The van der Waals surface area contributed by atoms with Gasteiger partial charge in [0.15, 0.2) is 22.9 Å². The van der Waals surface area contributed by atoms with Crippen molar-refractivity contribution in [1.82, 2.24) is 4.90 Å². The van der Waals surface area contributed by atoms with E-state index in [1.165, 1.54) is 19.2 Å². The highest BCUT2D eigenvalue weighted by molar-refractivity contribution is 6.35. The molecule has 0 unspecified atom stereocenters. The van der Waals surface area contributed by atoms with Crippen molar-refractivity contribution in [1.29, 1.82) is 0 Å². The van der Waals surface area contributed by atoms with Gasteiger partial charge in [-0.2, -0.15) is 0 Å². The van der Waals surface area contributed by atoms with Crippen molar-refractivity contribution in [2.24, 2.45) is 5.92 Å². The average molecular weight is 460 g/mol. The van der Waals surface area contributed by atoms with Crippen molar-refractivity contribution in [3.05, 3.63) is 93.2 Å². The average Bonchev–Trinajstić information content (AvgIpc) is 3.51. The van der Waals surface area contributed by atoms with Crippen LogP contribution in [0.3, 0.4) is 0 Å². The summed E-state index contributed by atoms with van der Waals surface area (Å²) < 4.78 is 10.6. The molecule has 9 nitrogen and oxygen atoms in total. The van der Waals surface area contributed by atoms with Crippen LogP contribution in [0.5, 0.6) is 5.75 Å². The van der Waals surface area contributed by atoms with Gasteiger partial charge in [0, 0.05) is 29.2 Å². The molecule has 2 aromatic carbocycles. The second kappa shape index (κ2) is 7.74. The Labute approximate surface area is 194 Å². The van der Waals surface area contributed by atoms with Crippen molar-refractivity contribution >= 4 is 23.2 Å². The van der Waals surface area contributed by atoms with Gasteiger partial charge in [0.05, 0.1) is 19.1 Å². The largest absolute Gasteiger partial charge is 0.497 e. The van der Waals surface area contributed by atoms with Crippen LogP contribution in [0.15, 0.2) is 65.1 Å². The molecule has 1 spiro atoms. The fourth-order valence-electron chi connectivity index (χ4n) is 5.30. The van der Waals surface area contributed by atoms with Gasteiger partial charge in [-0.05, 0) is 37.4 Å². The van der Waals surface area contributed by atoms with E-state index in [1.807, 2.05) is 0 Å². The number of ether oxygens (including phenoxy) is 1. The number of carbonyl (C=O) groups excluding carboxylic acids is 3. The summed E-state index contributed by atoms with van der Waals surface area (Å²) in [6, 6.07) is 15.5. The number of carbonyl (C=O) groups is 3. The molecule has 0 bridgehead atoms. The summed E-state index contributed by atoms with van der Waals surface area (Å²) in [4.78, 5) is 53.7. The standard InChI is InChI=1S/C25H20N2O7/c1-26-13-18(19-11-12-20(34-19)27(31)32)21(22(28)14-7-9-15(33-2)10-8-14)25(26)23(29)16-5-3-4-6-17(16)24(25)30/h3-12,18,21H,13H2,1-2H3/t18-,21+/m1/s1. The number of rotatable bonds is 5. The number of nitrogens with zero attached hydrogens (tertiary/aromatic N) is 2. The van der Waals surface area contributed by atoms with Crippen molar-refractivity contribution < 1.29 is 28.5 Å². The monoisotopic (exact) mass is 460 g/mol. The van der Waals surface area contributed by atoms with E-state index in [9.17, 15) is 24.5 Å². The first kappa shape index (κ1) is 21.7. The Hall–Kier alpha value is -4.11. The van der Waals surface area contributed by atoms with Gasteiger partial charge in [0.1, 0.15) is 16.4 Å². The molecule has 2 heterocycles. The van der Waals surface area contributed by atoms with Crippen LogP contribution in [-0.2, 0) is 0 Å². The highest BCUT2D eigenvalue weighted by atomic mass is 16.6. The first-order valence-electron chi connectivity index (χ1n) is 10.6. The second-order valence-electron chi connectivity index (χ2n) is 8.46. The van der Waals surface area contributed by atoms with E-state index in [0.29, 0.717) is 11.3 Å². The molecule has 1 saturated heterocycles. The van der Waals surface area contributed by atoms with Gasteiger partial charge < -0.3 is 9.15 Å². The summed E-state index contributed by atoms with van der Waals surface area (Å²) in [5, 5.41) is 11.2. The molecule has 172 valence electrons.